The highest BCUT2D eigenvalue weighted by Crippen LogP contribution is 2.14. The van der Waals surface area contributed by atoms with Gasteiger partial charge in [-0.25, -0.2) is 0 Å². The average molecular weight is 291 g/mol. The molecule has 2 atom stereocenters. The van der Waals surface area contributed by atoms with Crippen molar-refractivity contribution in [3.05, 3.63) is 0 Å². The number of nitrogens with one attached hydrogen (secondary N) is 2. The SMILES string of the molecule is CCCCC(CCC)NC(=O)CCC1CCNC1.Cl. The zero-order chi connectivity index (χ0) is 13.2. The number of unbranched alkanes of at least 4 members (excludes halogenated alkanes) is 1. The first-order valence-electron chi connectivity index (χ1n) is 7.76. The van der Waals surface area contributed by atoms with Crippen LogP contribution in [0.5, 0.6) is 0 Å². The van der Waals surface area contributed by atoms with Crippen LogP contribution in [0.1, 0.15) is 65.2 Å². The Labute approximate surface area is 124 Å². The summed E-state index contributed by atoms with van der Waals surface area (Å²) in [7, 11) is 0. The van der Waals surface area contributed by atoms with E-state index < -0.39 is 0 Å². The van der Waals surface area contributed by atoms with Gasteiger partial charge in [0.2, 0.25) is 5.91 Å². The van der Waals surface area contributed by atoms with E-state index in [1.807, 2.05) is 0 Å². The summed E-state index contributed by atoms with van der Waals surface area (Å²) in [4.78, 5) is 11.9. The molecular formula is C15H31ClN2O. The van der Waals surface area contributed by atoms with Crippen molar-refractivity contribution in [2.24, 2.45) is 5.92 Å². The maximum Gasteiger partial charge on any atom is 0.220 e. The van der Waals surface area contributed by atoms with Gasteiger partial charge >= 0.3 is 0 Å². The zero-order valence-corrected chi connectivity index (χ0v) is 13.4. The molecule has 0 spiro atoms. The van der Waals surface area contributed by atoms with Crippen LogP contribution in [0, 0.1) is 5.92 Å². The molecule has 4 heteroatoms. The molecular weight excluding hydrogens is 260 g/mol. The van der Waals surface area contributed by atoms with Crippen LogP contribution in [0.2, 0.25) is 0 Å². The van der Waals surface area contributed by atoms with Gasteiger partial charge in [0, 0.05) is 12.5 Å². The van der Waals surface area contributed by atoms with E-state index in [1.165, 1.54) is 19.3 Å². The second kappa shape index (κ2) is 11.5. The van der Waals surface area contributed by atoms with E-state index in [0.717, 1.165) is 44.7 Å². The smallest absolute Gasteiger partial charge is 0.220 e. The summed E-state index contributed by atoms with van der Waals surface area (Å²) < 4.78 is 0. The lowest BCUT2D eigenvalue weighted by molar-refractivity contribution is -0.122. The number of carbonyl (C=O) groups is 1. The zero-order valence-electron chi connectivity index (χ0n) is 12.5. The third-order valence-corrected chi connectivity index (χ3v) is 3.85. The monoisotopic (exact) mass is 290 g/mol. The third kappa shape index (κ3) is 8.48. The van der Waals surface area contributed by atoms with Gasteiger partial charge in [-0.15, -0.1) is 12.4 Å². The van der Waals surface area contributed by atoms with Gasteiger partial charge in [-0.3, -0.25) is 4.79 Å². The Morgan fingerprint density at radius 1 is 1.32 bits per heavy atom. The first kappa shape index (κ1) is 18.7. The molecule has 114 valence electrons. The van der Waals surface area contributed by atoms with Crippen molar-refractivity contribution >= 4 is 18.3 Å². The highest BCUT2D eigenvalue weighted by Gasteiger charge is 2.17. The maximum atomic E-state index is 11.9. The molecule has 0 aromatic carbocycles. The molecule has 1 fully saturated rings. The van der Waals surface area contributed by atoms with Crippen LogP contribution < -0.4 is 10.6 Å². The van der Waals surface area contributed by atoms with Gasteiger partial charge in [-0.1, -0.05) is 33.1 Å². The highest BCUT2D eigenvalue weighted by molar-refractivity contribution is 5.85. The van der Waals surface area contributed by atoms with Crippen LogP contribution in [0.15, 0.2) is 0 Å². The Hall–Kier alpha value is -0.280. The highest BCUT2D eigenvalue weighted by atomic mass is 35.5. The molecule has 1 amide bonds. The Morgan fingerprint density at radius 3 is 2.68 bits per heavy atom. The second-order valence-electron chi connectivity index (χ2n) is 5.59. The van der Waals surface area contributed by atoms with Gasteiger partial charge in [0.1, 0.15) is 0 Å². The molecule has 0 saturated carbocycles. The van der Waals surface area contributed by atoms with E-state index in [9.17, 15) is 4.79 Å². The van der Waals surface area contributed by atoms with Gasteiger partial charge in [-0.2, -0.15) is 0 Å². The molecule has 0 bridgehead atoms. The van der Waals surface area contributed by atoms with Crippen LogP contribution in [-0.4, -0.2) is 25.0 Å². The number of rotatable bonds is 9. The summed E-state index contributed by atoms with van der Waals surface area (Å²) in [6.07, 6.45) is 8.84. The minimum atomic E-state index is 0. The molecule has 1 aliphatic heterocycles. The number of carbonyl (C=O) groups excluding carboxylic acids is 1. The normalized spacial score (nSPS) is 19.8. The standard InChI is InChI=1S/C15H30N2O.ClH/c1-3-5-7-14(6-4-2)17-15(18)9-8-13-10-11-16-12-13;/h13-14,16H,3-12H2,1-2H3,(H,17,18);1H. The molecule has 0 radical (unpaired) electrons. The summed E-state index contributed by atoms with van der Waals surface area (Å²) in [5.41, 5.74) is 0. The van der Waals surface area contributed by atoms with Gasteiger partial charge < -0.3 is 10.6 Å². The van der Waals surface area contributed by atoms with Crippen LogP contribution in [-0.2, 0) is 4.79 Å². The average Bonchev–Trinajstić information content (AvgIpc) is 2.87. The number of hydrogen-bond acceptors (Lipinski definition) is 2. The lowest BCUT2D eigenvalue weighted by atomic mass is 10.0. The lowest BCUT2D eigenvalue weighted by Crippen LogP contribution is -2.34. The quantitative estimate of drug-likeness (QED) is 0.684. The van der Waals surface area contributed by atoms with Crippen LogP contribution in [0.25, 0.3) is 0 Å². The summed E-state index contributed by atoms with van der Waals surface area (Å²) in [6, 6.07) is 0.407. The molecule has 1 heterocycles. The van der Waals surface area contributed by atoms with Crippen molar-refractivity contribution in [3.8, 4) is 0 Å². The second-order valence-corrected chi connectivity index (χ2v) is 5.59. The molecule has 2 N–H and O–H groups in total. The summed E-state index contributed by atoms with van der Waals surface area (Å²) >= 11 is 0. The molecule has 3 nitrogen and oxygen atoms in total. The van der Waals surface area contributed by atoms with Crippen molar-refractivity contribution in [2.45, 2.75) is 71.3 Å². The fraction of sp³-hybridized carbons (Fsp3) is 0.933. The predicted octanol–water partition coefficient (Wildman–Crippen LogP) is 3.27. The van der Waals surface area contributed by atoms with Crippen molar-refractivity contribution in [2.75, 3.05) is 13.1 Å². The summed E-state index contributed by atoms with van der Waals surface area (Å²) in [6.45, 7) is 6.62. The van der Waals surface area contributed by atoms with Crippen molar-refractivity contribution < 1.29 is 4.79 Å². The minimum absolute atomic E-state index is 0. The van der Waals surface area contributed by atoms with Crippen LogP contribution >= 0.6 is 12.4 Å². The molecule has 1 rings (SSSR count). The fourth-order valence-corrected chi connectivity index (χ4v) is 2.68. The van der Waals surface area contributed by atoms with E-state index in [4.69, 9.17) is 0 Å². The Bertz CT molecular complexity index is 230. The number of hydrogen-bond donors (Lipinski definition) is 2. The molecule has 0 aromatic rings. The third-order valence-electron chi connectivity index (χ3n) is 3.85. The summed E-state index contributed by atoms with van der Waals surface area (Å²) in [5, 5.41) is 6.57. The number of halogens is 1. The lowest BCUT2D eigenvalue weighted by Gasteiger charge is -2.18. The van der Waals surface area contributed by atoms with Crippen molar-refractivity contribution in [1.82, 2.24) is 10.6 Å². The van der Waals surface area contributed by atoms with Gasteiger partial charge in [0.05, 0.1) is 0 Å². The van der Waals surface area contributed by atoms with E-state index in [2.05, 4.69) is 24.5 Å². The topological polar surface area (TPSA) is 41.1 Å². The minimum Gasteiger partial charge on any atom is -0.353 e. The van der Waals surface area contributed by atoms with Crippen LogP contribution in [0.4, 0.5) is 0 Å². The Morgan fingerprint density at radius 2 is 2.11 bits per heavy atom. The van der Waals surface area contributed by atoms with E-state index >= 15 is 0 Å². The van der Waals surface area contributed by atoms with Gasteiger partial charge in [0.15, 0.2) is 0 Å². The molecule has 2 unspecified atom stereocenters. The summed E-state index contributed by atoms with van der Waals surface area (Å²) in [5.74, 6) is 0.979. The van der Waals surface area contributed by atoms with E-state index in [-0.39, 0.29) is 18.3 Å². The molecule has 1 saturated heterocycles. The maximum absolute atomic E-state index is 11.9. The van der Waals surface area contributed by atoms with Gasteiger partial charge in [0.25, 0.3) is 0 Å². The van der Waals surface area contributed by atoms with Gasteiger partial charge in [-0.05, 0) is 44.7 Å². The largest absolute Gasteiger partial charge is 0.353 e. The van der Waals surface area contributed by atoms with E-state index in [0.29, 0.717) is 12.5 Å². The number of amides is 1. The first-order chi connectivity index (χ1) is 8.76. The van der Waals surface area contributed by atoms with Crippen LogP contribution in [0.3, 0.4) is 0 Å². The molecule has 1 aliphatic rings. The van der Waals surface area contributed by atoms with E-state index in [1.54, 1.807) is 0 Å². The van der Waals surface area contributed by atoms with Crippen molar-refractivity contribution in [3.63, 3.8) is 0 Å². The fourth-order valence-electron chi connectivity index (χ4n) is 2.68. The van der Waals surface area contributed by atoms with Crippen molar-refractivity contribution in [1.29, 1.82) is 0 Å². The molecule has 0 aliphatic carbocycles. The molecule has 19 heavy (non-hydrogen) atoms. The first-order valence-corrected chi connectivity index (χ1v) is 7.76. The molecule has 0 aromatic heterocycles. The predicted molar refractivity (Wildman–Crippen MR) is 83.8 cm³/mol. The Balaban J connectivity index is 0.00000324. The Kier molecular flexibility index (Phi) is 11.4.